The van der Waals surface area contributed by atoms with E-state index >= 15 is 0 Å². The molecule has 0 spiro atoms. The molecule has 2 aromatic heterocycles. The van der Waals surface area contributed by atoms with Crippen LogP contribution in [0.15, 0.2) is 70.7 Å². The van der Waals surface area contributed by atoms with Crippen molar-refractivity contribution in [3.8, 4) is 16.8 Å². The molecule has 1 aliphatic heterocycles. The van der Waals surface area contributed by atoms with Gasteiger partial charge in [0.2, 0.25) is 9.84 Å². The lowest BCUT2D eigenvalue weighted by molar-refractivity contribution is 0.594. The number of sulfone groups is 1. The van der Waals surface area contributed by atoms with Crippen LogP contribution in [0.5, 0.6) is 0 Å². The molecule has 0 atom stereocenters. The van der Waals surface area contributed by atoms with Crippen molar-refractivity contribution in [3.05, 3.63) is 66.7 Å². The van der Waals surface area contributed by atoms with Crippen molar-refractivity contribution < 1.29 is 8.42 Å². The van der Waals surface area contributed by atoms with E-state index < -0.39 is 9.84 Å². The first-order valence-electron chi connectivity index (χ1n) is 8.41. The van der Waals surface area contributed by atoms with Gasteiger partial charge in [0.15, 0.2) is 0 Å². The molecule has 4 aromatic rings. The van der Waals surface area contributed by atoms with Crippen LogP contribution < -0.4 is 0 Å². The summed E-state index contributed by atoms with van der Waals surface area (Å²) in [6.45, 7) is 2.03. The summed E-state index contributed by atoms with van der Waals surface area (Å²) in [6.07, 6.45) is 4.13. The molecule has 6 heteroatoms. The zero-order valence-corrected chi connectivity index (χ0v) is 14.9. The van der Waals surface area contributed by atoms with E-state index in [0.29, 0.717) is 26.5 Å². The van der Waals surface area contributed by atoms with Crippen molar-refractivity contribution in [2.45, 2.75) is 23.1 Å². The standard InChI is InChI=1S/C20H15N3O2S/c1-2-19-22-15-4-3-5-17-20(15)23(19)16-7-6-14(12-18(16)26(17,24)25)13-8-10-21-11-9-13/h3-12H,2H2,1H3. The molecule has 3 heterocycles. The molecule has 0 saturated heterocycles. The van der Waals surface area contributed by atoms with Gasteiger partial charge in [-0.05, 0) is 47.5 Å². The summed E-state index contributed by atoms with van der Waals surface area (Å²) in [5, 5.41) is 0. The van der Waals surface area contributed by atoms with Crippen LogP contribution in [-0.2, 0) is 16.3 Å². The third kappa shape index (κ3) is 1.93. The van der Waals surface area contributed by atoms with Crippen LogP contribution in [0.4, 0.5) is 0 Å². The average molecular weight is 361 g/mol. The molecule has 2 aromatic carbocycles. The predicted octanol–water partition coefficient (Wildman–Crippen LogP) is 3.80. The first-order chi connectivity index (χ1) is 12.6. The minimum absolute atomic E-state index is 0.319. The van der Waals surface area contributed by atoms with Crippen molar-refractivity contribution in [2.75, 3.05) is 0 Å². The number of fused-ring (bicyclic) bond motifs is 2. The molecule has 0 fully saturated rings. The van der Waals surface area contributed by atoms with Crippen LogP contribution in [0.25, 0.3) is 27.8 Å². The molecule has 26 heavy (non-hydrogen) atoms. The van der Waals surface area contributed by atoms with Crippen LogP contribution in [-0.4, -0.2) is 23.0 Å². The quantitative estimate of drug-likeness (QED) is 0.480. The van der Waals surface area contributed by atoms with Crippen molar-refractivity contribution >= 4 is 20.9 Å². The Balaban J connectivity index is 1.89. The fourth-order valence-corrected chi connectivity index (χ4v) is 5.28. The molecule has 0 saturated carbocycles. The van der Waals surface area contributed by atoms with Gasteiger partial charge in [0.05, 0.1) is 26.5 Å². The first-order valence-corrected chi connectivity index (χ1v) is 9.90. The highest BCUT2D eigenvalue weighted by molar-refractivity contribution is 7.92. The van der Waals surface area contributed by atoms with Gasteiger partial charge in [-0.2, -0.15) is 0 Å². The number of benzene rings is 2. The van der Waals surface area contributed by atoms with Crippen LogP contribution in [0.2, 0.25) is 0 Å². The number of rotatable bonds is 2. The Morgan fingerprint density at radius 2 is 1.77 bits per heavy atom. The Kier molecular flexibility index (Phi) is 3.09. The SMILES string of the molecule is CCc1nc2cccc3c2n1-c1ccc(-c2ccncc2)cc1S3(=O)=O. The summed E-state index contributed by atoms with van der Waals surface area (Å²) in [4.78, 5) is 9.31. The second-order valence-corrected chi connectivity index (χ2v) is 8.15. The van der Waals surface area contributed by atoms with Crippen LogP contribution in [0, 0.1) is 0 Å². The Labute approximate surface area is 150 Å². The fourth-order valence-electron chi connectivity index (χ4n) is 3.61. The Hall–Kier alpha value is -2.99. The van der Waals surface area contributed by atoms with Crippen LogP contribution in [0.3, 0.4) is 0 Å². The molecule has 0 amide bonds. The zero-order valence-electron chi connectivity index (χ0n) is 14.0. The third-order valence-electron chi connectivity index (χ3n) is 4.82. The van der Waals surface area contributed by atoms with Gasteiger partial charge in [-0.3, -0.25) is 9.55 Å². The molecule has 5 nitrogen and oxygen atoms in total. The van der Waals surface area contributed by atoms with E-state index in [2.05, 4.69) is 9.97 Å². The van der Waals surface area contributed by atoms with E-state index in [1.807, 2.05) is 41.8 Å². The summed E-state index contributed by atoms with van der Waals surface area (Å²) in [5.74, 6) is 0.861. The molecule has 1 aliphatic rings. The summed E-state index contributed by atoms with van der Waals surface area (Å²) in [5.41, 5.74) is 3.84. The molecule has 0 bridgehead atoms. The lowest BCUT2D eigenvalue weighted by atomic mass is 10.1. The second-order valence-electron chi connectivity index (χ2n) is 6.26. The number of aryl methyl sites for hydroxylation is 1. The third-order valence-corrected chi connectivity index (χ3v) is 6.63. The van der Waals surface area contributed by atoms with Gasteiger partial charge in [0.25, 0.3) is 0 Å². The predicted molar refractivity (Wildman–Crippen MR) is 99.1 cm³/mol. The van der Waals surface area contributed by atoms with E-state index in [0.717, 1.165) is 23.4 Å². The van der Waals surface area contributed by atoms with E-state index in [9.17, 15) is 8.42 Å². The highest BCUT2D eigenvalue weighted by Crippen LogP contribution is 2.40. The summed E-state index contributed by atoms with van der Waals surface area (Å²) < 4.78 is 28.6. The largest absolute Gasteiger partial charge is 0.294 e. The van der Waals surface area contributed by atoms with Crippen molar-refractivity contribution in [2.24, 2.45) is 0 Å². The van der Waals surface area contributed by atoms with Crippen molar-refractivity contribution in [3.63, 3.8) is 0 Å². The van der Waals surface area contributed by atoms with Gasteiger partial charge in [0.1, 0.15) is 5.82 Å². The molecular weight excluding hydrogens is 346 g/mol. The molecule has 128 valence electrons. The van der Waals surface area contributed by atoms with Gasteiger partial charge in [-0.1, -0.05) is 19.1 Å². The second kappa shape index (κ2) is 5.25. The lowest BCUT2D eigenvalue weighted by Crippen LogP contribution is -2.16. The summed E-state index contributed by atoms with van der Waals surface area (Å²) in [6, 6.07) is 14.6. The van der Waals surface area contributed by atoms with E-state index in [1.165, 1.54) is 0 Å². The monoisotopic (exact) mass is 361 g/mol. The Morgan fingerprint density at radius 1 is 0.962 bits per heavy atom. The number of para-hydroxylation sites is 1. The number of pyridine rings is 1. The molecule has 0 unspecified atom stereocenters. The fraction of sp³-hybridized carbons (Fsp3) is 0.100. The molecule has 0 aliphatic carbocycles. The van der Waals surface area contributed by atoms with E-state index in [4.69, 9.17) is 0 Å². The normalized spacial score (nSPS) is 14.3. The van der Waals surface area contributed by atoms with Crippen LogP contribution >= 0.6 is 0 Å². The maximum atomic E-state index is 13.3. The van der Waals surface area contributed by atoms with Crippen molar-refractivity contribution in [1.29, 1.82) is 0 Å². The summed E-state index contributed by atoms with van der Waals surface area (Å²) in [7, 11) is -3.61. The van der Waals surface area contributed by atoms with E-state index in [-0.39, 0.29) is 0 Å². The van der Waals surface area contributed by atoms with Gasteiger partial charge in [-0.25, -0.2) is 13.4 Å². The minimum Gasteiger partial charge on any atom is -0.294 e. The average Bonchev–Trinajstić information content (AvgIpc) is 3.06. The van der Waals surface area contributed by atoms with Gasteiger partial charge < -0.3 is 0 Å². The Morgan fingerprint density at radius 3 is 2.54 bits per heavy atom. The van der Waals surface area contributed by atoms with Gasteiger partial charge in [-0.15, -0.1) is 0 Å². The lowest BCUT2D eigenvalue weighted by Gasteiger charge is -2.21. The summed E-state index contributed by atoms with van der Waals surface area (Å²) >= 11 is 0. The van der Waals surface area contributed by atoms with Crippen LogP contribution in [0.1, 0.15) is 12.7 Å². The van der Waals surface area contributed by atoms with Gasteiger partial charge in [0, 0.05) is 18.8 Å². The minimum atomic E-state index is -3.61. The topological polar surface area (TPSA) is 64.8 Å². The Bertz CT molecular complexity index is 1280. The van der Waals surface area contributed by atoms with Crippen molar-refractivity contribution in [1.82, 2.24) is 14.5 Å². The highest BCUT2D eigenvalue weighted by atomic mass is 32.2. The number of imidazole rings is 1. The zero-order chi connectivity index (χ0) is 17.9. The number of nitrogens with zero attached hydrogens (tertiary/aromatic N) is 3. The molecule has 5 rings (SSSR count). The smallest absolute Gasteiger partial charge is 0.210 e. The molecule has 0 radical (unpaired) electrons. The number of aromatic nitrogens is 3. The number of hydrogen-bond donors (Lipinski definition) is 0. The maximum Gasteiger partial charge on any atom is 0.210 e. The van der Waals surface area contributed by atoms with E-state index in [1.54, 1.807) is 30.6 Å². The van der Waals surface area contributed by atoms with Gasteiger partial charge >= 0.3 is 0 Å². The number of hydrogen-bond acceptors (Lipinski definition) is 4. The molecule has 0 N–H and O–H groups in total. The molecular formula is C20H15N3O2S. The maximum absolute atomic E-state index is 13.3. The first kappa shape index (κ1) is 15.3. The highest BCUT2D eigenvalue weighted by Gasteiger charge is 2.33.